The fourth-order valence-electron chi connectivity index (χ4n) is 1.34. The van der Waals surface area contributed by atoms with Gasteiger partial charge in [-0.3, -0.25) is 4.79 Å². The molecule has 0 saturated carbocycles. The highest BCUT2D eigenvalue weighted by molar-refractivity contribution is 5.65. The maximum absolute atomic E-state index is 10.4. The maximum Gasteiger partial charge on any atom is 0.304 e. The van der Waals surface area contributed by atoms with Crippen molar-refractivity contribution in [1.82, 2.24) is 0 Å². The molecule has 3 heteroatoms. The van der Waals surface area contributed by atoms with Crippen LogP contribution in [0.5, 0.6) is 0 Å². The number of hydrogen-bond donors (Lipinski definition) is 0. The lowest BCUT2D eigenvalue weighted by Gasteiger charge is -2.04. The Labute approximate surface area is 93.1 Å². The molecule has 0 aromatic carbocycles. The van der Waals surface area contributed by atoms with Gasteiger partial charge in [-0.25, -0.2) is 0 Å². The fourth-order valence-corrected chi connectivity index (χ4v) is 1.34. The predicted molar refractivity (Wildman–Crippen MR) is 60.6 cm³/mol. The van der Waals surface area contributed by atoms with E-state index in [4.69, 9.17) is 4.74 Å². The Bertz CT molecular complexity index is 146. The summed E-state index contributed by atoms with van der Waals surface area (Å²) in [6.07, 6.45) is 8.89. The predicted octanol–water partition coefficient (Wildman–Crippen LogP) is 3.27. The molecular weight excluding hydrogens is 192 g/mol. The van der Waals surface area contributed by atoms with Crippen LogP contribution in [0.2, 0.25) is 0 Å². The molecule has 0 aromatic heterocycles. The molecule has 0 unspecified atom stereocenters. The third-order valence-electron chi connectivity index (χ3n) is 2.24. The van der Waals surface area contributed by atoms with Crippen molar-refractivity contribution in [2.75, 3.05) is 13.4 Å². The zero-order valence-corrected chi connectivity index (χ0v) is 10.1. The zero-order valence-electron chi connectivity index (χ0n) is 10.1. The van der Waals surface area contributed by atoms with Gasteiger partial charge in [-0.15, -0.1) is 0 Å². The molecule has 0 spiro atoms. The van der Waals surface area contributed by atoms with E-state index in [9.17, 15) is 4.79 Å². The molecule has 0 atom stereocenters. The first-order valence-corrected chi connectivity index (χ1v) is 5.98. The van der Waals surface area contributed by atoms with E-state index in [-0.39, 0.29) is 12.8 Å². The number of unbranched alkanes of at least 4 members (excludes halogenated alkanes) is 6. The van der Waals surface area contributed by atoms with Crippen LogP contribution < -0.4 is 0 Å². The quantitative estimate of drug-likeness (QED) is 0.319. The van der Waals surface area contributed by atoms with Gasteiger partial charge in [0, 0.05) is 6.92 Å². The van der Waals surface area contributed by atoms with Crippen LogP contribution in [0.25, 0.3) is 0 Å². The van der Waals surface area contributed by atoms with Crippen molar-refractivity contribution in [2.24, 2.45) is 0 Å². The number of esters is 1. The normalized spacial score (nSPS) is 10.3. The van der Waals surface area contributed by atoms with Gasteiger partial charge in [-0.05, 0) is 6.42 Å². The molecule has 0 bridgehead atoms. The molecule has 0 N–H and O–H groups in total. The fraction of sp³-hybridized carbons (Fsp3) is 0.917. The molecule has 0 aromatic rings. The Morgan fingerprint density at radius 2 is 1.60 bits per heavy atom. The van der Waals surface area contributed by atoms with Crippen LogP contribution in [0.3, 0.4) is 0 Å². The molecule has 0 aliphatic rings. The summed E-state index contributed by atoms with van der Waals surface area (Å²) in [6.45, 7) is 4.41. The van der Waals surface area contributed by atoms with Gasteiger partial charge in [0.05, 0.1) is 6.61 Å². The summed E-state index contributed by atoms with van der Waals surface area (Å²) in [5, 5.41) is 0. The average Bonchev–Trinajstić information content (AvgIpc) is 2.20. The first kappa shape index (κ1) is 14.4. The number of ether oxygens (including phenoxy) is 2. The van der Waals surface area contributed by atoms with Crippen LogP contribution in [0.15, 0.2) is 0 Å². The lowest BCUT2D eigenvalue weighted by atomic mass is 10.1. The van der Waals surface area contributed by atoms with E-state index in [1.165, 1.54) is 45.4 Å². The number of carbonyl (C=O) groups excluding carboxylic acids is 1. The summed E-state index contributed by atoms with van der Waals surface area (Å²) in [5.74, 6) is -0.283. The Kier molecular flexibility index (Phi) is 11.1. The standard InChI is InChI=1S/C12H24O3/c1-3-4-5-6-7-8-9-10-14-11-15-12(2)13/h3-11H2,1-2H3. The molecule has 0 fully saturated rings. The number of carbonyl (C=O) groups is 1. The van der Waals surface area contributed by atoms with Gasteiger partial charge in [0.2, 0.25) is 0 Å². The largest absolute Gasteiger partial charge is 0.439 e. The number of rotatable bonds is 10. The average molecular weight is 216 g/mol. The topological polar surface area (TPSA) is 35.5 Å². The van der Waals surface area contributed by atoms with Crippen molar-refractivity contribution in [3.05, 3.63) is 0 Å². The van der Waals surface area contributed by atoms with Crippen molar-refractivity contribution in [2.45, 2.75) is 58.8 Å². The second kappa shape index (κ2) is 11.5. The third kappa shape index (κ3) is 13.4. The molecule has 0 heterocycles. The van der Waals surface area contributed by atoms with Gasteiger partial charge in [0.1, 0.15) is 0 Å². The highest BCUT2D eigenvalue weighted by Crippen LogP contribution is 2.06. The Hall–Kier alpha value is -0.570. The second-order valence-electron chi connectivity index (χ2n) is 3.78. The minimum absolute atomic E-state index is 0.102. The van der Waals surface area contributed by atoms with E-state index >= 15 is 0 Å². The molecule has 90 valence electrons. The minimum atomic E-state index is -0.283. The van der Waals surface area contributed by atoms with Crippen molar-refractivity contribution in [1.29, 1.82) is 0 Å². The Morgan fingerprint density at radius 3 is 2.20 bits per heavy atom. The monoisotopic (exact) mass is 216 g/mol. The molecule has 3 nitrogen and oxygen atoms in total. The van der Waals surface area contributed by atoms with E-state index in [1.807, 2.05) is 0 Å². The van der Waals surface area contributed by atoms with Crippen LogP contribution in [0.4, 0.5) is 0 Å². The van der Waals surface area contributed by atoms with Crippen molar-refractivity contribution < 1.29 is 14.3 Å². The summed E-state index contributed by atoms with van der Waals surface area (Å²) >= 11 is 0. The third-order valence-corrected chi connectivity index (χ3v) is 2.24. The molecule has 0 aliphatic carbocycles. The lowest BCUT2D eigenvalue weighted by Crippen LogP contribution is -2.05. The van der Waals surface area contributed by atoms with Crippen LogP contribution in [-0.2, 0) is 14.3 Å². The van der Waals surface area contributed by atoms with Crippen LogP contribution in [-0.4, -0.2) is 19.4 Å². The van der Waals surface area contributed by atoms with Crippen molar-refractivity contribution in [3.8, 4) is 0 Å². The van der Waals surface area contributed by atoms with Gasteiger partial charge >= 0.3 is 5.97 Å². The molecule has 15 heavy (non-hydrogen) atoms. The van der Waals surface area contributed by atoms with E-state index < -0.39 is 0 Å². The zero-order chi connectivity index (χ0) is 11.4. The highest BCUT2D eigenvalue weighted by Gasteiger charge is 1.93. The van der Waals surface area contributed by atoms with E-state index in [0.29, 0.717) is 6.61 Å². The second-order valence-corrected chi connectivity index (χ2v) is 3.78. The Morgan fingerprint density at radius 1 is 1.00 bits per heavy atom. The summed E-state index contributed by atoms with van der Waals surface area (Å²) in [7, 11) is 0. The molecular formula is C12H24O3. The summed E-state index contributed by atoms with van der Waals surface area (Å²) in [5.41, 5.74) is 0. The van der Waals surface area contributed by atoms with Gasteiger partial charge in [-0.1, -0.05) is 45.4 Å². The Balaban J connectivity index is 2.89. The van der Waals surface area contributed by atoms with Gasteiger partial charge in [0.15, 0.2) is 6.79 Å². The molecule has 0 aliphatic heterocycles. The maximum atomic E-state index is 10.4. The first-order chi connectivity index (χ1) is 7.27. The van der Waals surface area contributed by atoms with E-state index in [1.54, 1.807) is 0 Å². The van der Waals surface area contributed by atoms with Gasteiger partial charge in [-0.2, -0.15) is 0 Å². The van der Waals surface area contributed by atoms with Crippen LogP contribution >= 0.6 is 0 Å². The first-order valence-electron chi connectivity index (χ1n) is 5.98. The lowest BCUT2D eigenvalue weighted by molar-refractivity contribution is -0.153. The van der Waals surface area contributed by atoms with Gasteiger partial charge in [0.25, 0.3) is 0 Å². The van der Waals surface area contributed by atoms with Crippen LogP contribution in [0.1, 0.15) is 58.8 Å². The van der Waals surface area contributed by atoms with Crippen molar-refractivity contribution in [3.63, 3.8) is 0 Å². The van der Waals surface area contributed by atoms with Crippen molar-refractivity contribution >= 4 is 5.97 Å². The highest BCUT2D eigenvalue weighted by atomic mass is 16.7. The van der Waals surface area contributed by atoms with Crippen LogP contribution in [0, 0.1) is 0 Å². The SMILES string of the molecule is CCCCCCCCCOCOC(C)=O. The smallest absolute Gasteiger partial charge is 0.304 e. The minimum Gasteiger partial charge on any atom is -0.439 e. The van der Waals surface area contributed by atoms with E-state index in [2.05, 4.69) is 11.7 Å². The molecule has 0 radical (unpaired) electrons. The summed E-state index contributed by atoms with van der Waals surface area (Å²) in [4.78, 5) is 10.4. The van der Waals surface area contributed by atoms with E-state index in [0.717, 1.165) is 6.42 Å². The number of hydrogen-bond acceptors (Lipinski definition) is 3. The summed E-state index contributed by atoms with van der Waals surface area (Å²) < 4.78 is 9.77. The molecule has 0 rings (SSSR count). The summed E-state index contributed by atoms with van der Waals surface area (Å²) in [6, 6.07) is 0. The molecule has 0 amide bonds. The molecule has 0 saturated heterocycles. The van der Waals surface area contributed by atoms with Gasteiger partial charge < -0.3 is 9.47 Å².